The topological polar surface area (TPSA) is 120 Å². The fourth-order valence-electron chi connectivity index (χ4n) is 7.14. The first-order valence-corrected chi connectivity index (χ1v) is 16.2. The van der Waals surface area contributed by atoms with Gasteiger partial charge in [0.15, 0.2) is 5.78 Å². The van der Waals surface area contributed by atoms with E-state index in [4.69, 9.17) is 24.2 Å². The minimum Gasteiger partial charge on any atom is -0.497 e. The first-order valence-electron chi connectivity index (χ1n) is 16.2. The number of hydrogen-bond acceptors (Lipinski definition) is 8. The van der Waals surface area contributed by atoms with Crippen molar-refractivity contribution in [2.45, 2.75) is 117 Å². The molecule has 3 aliphatic rings. The van der Waals surface area contributed by atoms with Gasteiger partial charge in [0.1, 0.15) is 29.2 Å². The lowest BCUT2D eigenvalue weighted by Gasteiger charge is -2.35. The van der Waals surface area contributed by atoms with E-state index < -0.39 is 35.3 Å². The Balaban J connectivity index is 1.52. The zero-order chi connectivity index (χ0) is 31.8. The molecular formula is C34H48N4O6. The van der Waals surface area contributed by atoms with Crippen LogP contribution in [0.2, 0.25) is 0 Å². The highest BCUT2D eigenvalue weighted by atomic mass is 16.6. The third-order valence-electron chi connectivity index (χ3n) is 9.65. The summed E-state index contributed by atoms with van der Waals surface area (Å²) in [6.07, 6.45) is 6.11. The van der Waals surface area contributed by atoms with Crippen LogP contribution in [-0.4, -0.2) is 70.1 Å². The first kappa shape index (κ1) is 32.0. The Morgan fingerprint density at radius 1 is 1.16 bits per heavy atom. The molecule has 2 aliphatic heterocycles. The van der Waals surface area contributed by atoms with Gasteiger partial charge in [-0.15, -0.1) is 0 Å². The second kappa shape index (κ2) is 12.5. The number of benzene rings is 1. The Morgan fingerprint density at radius 3 is 2.61 bits per heavy atom. The van der Waals surface area contributed by atoms with E-state index in [9.17, 15) is 14.4 Å². The molecule has 2 amide bonds. The van der Waals surface area contributed by atoms with Gasteiger partial charge < -0.3 is 24.4 Å². The van der Waals surface area contributed by atoms with Crippen LogP contribution < -0.4 is 14.8 Å². The third-order valence-corrected chi connectivity index (χ3v) is 9.65. The van der Waals surface area contributed by atoms with Gasteiger partial charge in [0.25, 0.3) is 0 Å². The van der Waals surface area contributed by atoms with Crippen molar-refractivity contribution in [3.05, 3.63) is 23.9 Å². The fourth-order valence-corrected chi connectivity index (χ4v) is 7.14. The molecule has 10 nitrogen and oxygen atoms in total. The number of fused-ring (bicyclic) bond motifs is 5. The monoisotopic (exact) mass is 608 g/mol. The minimum absolute atomic E-state index is 0.129. The number of aromatic nitrogens is 2. The van der Waals surface area contributed by atoms with E-state index in [1.54, 1.807) is 12.0 Å². The lowest BCUT2D eigenvalue weighted by Crippen LogP contribution is -2.57. The second-order valence-corrected chi connectivity index (χ2v) is 14.0. The molecule has 44 heavy (non-hydrogen) atoms. The summed E-state index contributed by atoms with van der Waals surface area (Å²) in [4.78, 5) is 52.0. The largest absolute Gasteiger partial charge is 0.497 e. The van der Waals surface area contributed by atoms with Crippen LogP contribution in [0.3, 0.4) is 0 Å². The SMILES string of the molecule is CCC[C@@]12C[C@H]1CCCCCc1nc3ccc(OC)cc3nc1O[C@H]1CN(C(=O)[C@H](C(C)(C)C)NC(=O)O2)[C@H](C(C)=O)[C@@H]1C. The zero-order valence-electron chi connectivity index (χ0n) is 27.3. The molecular weight excluding hydrogens is 560 g/mol. The number of rotatable bonds is 4. The molecule has 2 bridgehead atoms. The maximum absolute atomic E-state index is 14.2. The number of hydrogen-bond donors (Lipinski definition) is 1. The summed E-state index contributed by atoms with van der Waals surface area (Å²) in [5.74, 6) is 0.663. The molecule has 0 unspecified atom stereocenters. The summed E-state index contributed by atoms with van der Waals surface area (Å²) in [6.45, 7) is 11.4. The van der Waals surface area contributed by atoms with Crippen LogP contribution in [0.15, 0.2) is 18.2 Å². The normalized spacial score (nSPS) is 29.8. The Labute approximate surface area is 260 Å². The standard InChI is InChI=1S/C34H48N4O6/c1-8-16-34-18-22(34)12-10-9-11-13-25-30(36-26-17-23(42-7)14-15-24(26)35-25)43-27-19-38(28(20(27)2)21(3)39)31(40)29(33(4,5)6)37-32(41)44-34/h14-15,17,20,22,27-29H,8-13,16,18-19H2,1-7H3,(H,37,41)/t20-,22-,27+,28+,29-,34-/m1/s1. The van der Waals surface area contributed by atoms with Gasteiger partial charge in [0.05, 0.1) is 30.7 Å². The average Bonchev–Trinajstić information content (AvgIpc) is 3.51. The molecule has 6 atom stereocenters. The van der Waals surface area contributed by atoms with Gasteiger partial charge in [-0.25, -0.2) is 14.8 Å². The average molecular weight is 609 g/mol. The molecule has 5 rings (SSSR count). The number of aryl methyl sites for hydroxylation is 1. The van der Waals surface area contributed by atoms with E-state index in [0.717, 1.165) is 56.2 Å². The number of ketones is 1. The zero-order valence-corrected chi connectivity index (χ0v) is 27.3. The van der Waals surface area contributed by atoms with Crippen LogP contribution >= 0.6 is 0 Å². The van der Waals surface area contributed by atoms with Crippen LogP contribution in [0.4, 0.5) is 4.79 Å². The lowest BCUT2D eigenvalue weighted by atomic mass is 9.85. The van der Waals surface area contributed by atoms with Crippen molar-refractivity contribution in [1.29, 1.82) is 0 Å². The Kier molecular flexibility index (Phi) is 9.10. The number of carbonyl (C=O) groups excluding carboxylic acids is 3. The predicted octanol–water partition coefficient (Wildman–Crippen LogP) is 5.64. The summed E-state index contributed by atoms with van der Waals surface area (Å²) < 4.78 is 18.1. The molecule has 2 aromatic rings. The van der Waals surface area contributed by atoms with Gasteiger partial charge >= 0.3 is 6.09 Å². The number of carbonyl (C=O) groups is 3. The number of alkyl carbamates (subject to hydrolysis) is 1. The first-order chi connectivity index (χ1) is 20.9. The molecule has 1 aliphatic carbocycles. The van der Waals surface area contributed by atoms with Crippen molar-refractivity contribution in [2.75, 3.05) is 13.7 Å². The van der Waals surface area contributed by atoms with Crippen molar-refractivity contribution in [1.82, 2.24) is 20.2 Å². The molecule has 1 aromatic carbocycles. The lowest BCUT2D eigenvalue weighted by molar-refractivity contribution is -0.141. The number of methoxy groups -OCH3 is 1. The molecule has 1 N–H and O–H groups in total. The number of nitrogens with zero attached hydrogens (tertiary/aromatic N) is 3. The number of ether oxygens (including phenoxy) is 3. The highest BCUT2D eigenvalue weighted by Gasteiger charge is 2.57. The van der Waals surface area contributed by atoms with Crippen LogP contribution in [0, 0.1) is 17.3 Å². The Bertz CT molecular complexity index is 1410. The predicted molar refractivity (Wildman–Crippen MR) is 167 cm³/mol. The highest BCUT2D eigenvalue weighted by molar-refractivity contribution is 5.92. The van der Waals surface area contributed by atoms with E-state index in [1.807, 2.05) is 45.9 Å². The number of Topliss-reactive ketones (excluding diaryl/α,β-unsaturated/α-hetero) is 1. The molecule has 1 saturated carbocycles. The van der Waals surface area contributed by atoms with Crippen molar-refractivity contribution < 1.29 is 28.6 Å². The van der Waals surface area contributed by atoms with Gasteiger partial charge in [-0.05, 0) is 56.6 Å². The maximum Gasteiger partial charge on any atom is 0.408 e. The molecule has 0 radical (unpaired) electrons. The fraction of sp³-hybridized carbons (Fsp3) is 0.676. The van der Waals surface area contributed by atoms with E-state index in [0.29, 0.717) is 29.5 Å². The molecule has 240 valence electrons. The molecule has 10 heteroatoms. The van der Waals surface area contributed by atoms with Gasteiger partial charge in [-0.1, -0.05) is 53.9 Å². The summed E-state index contributed by atoms with van der Waals surface area (Å²) in [5.41, 5.74) is 1.09. The van der Waals surface area contributed by atoms with Crippen molar-refractivity contribution in [3.63, 3.8) is 0 Å². The molecule has 1 aromatic heterocycles. The third kappa shape index (κ3) is 6.49. The van der Waals surface area contributed by atoms with E-state index >= 15 is 0 Å². The van der Waals surface area contributed by atoms with Crippen LogP contribution in [-0.2, 0) is 20.7 Å². The van der Waals surface area contributed by atoms with E-state index in [-0.39, 0.29) is 24.2 Å². The van der Waals surface area contributed by atoms with E-state index in [1.165, 1.54) is 6.92 Å². The van der Waals surface area contributed by atoms with Gasteiger partial charge in [0.2, 0.25) is 11.8 Å². The van der Waals surface area contributed by atoms with Gasteiger partial charge in [-0.2, -0.15) is 0 Å². The van der Waals surface area contributed by atoms with Crippen LogP contribution in [0.1, 0.15) is 92.2 Å². The minimum atomic E-state index is -0.888. The van der Waals surface area contributed by atoms with Crippen molar-refractivity contribution in [3.8, 4) is 11.6 Å². The molecule has 3 heterocycles. The molecule has 2 fully saturated rings. The quantitative estimate of drug-likeness (QED) is 0.474. The second-order valence-electron chi connectivity index (χ2n) is 14.0. The Hall–Kier alpha value is -3.43. The van der Waals surface area contributed by atoms with Crippen molar-refractivity contribution >= 4 is 28.8 Å². The Morgan fingerprint density at radius 2 is 1.93 bits per heavy atom. The molecule has 0 spiro atoms. The van der Waals surface area contributed by atoms with Crippen LogP contribution in [0.5, 0.6) is 11.6 Å². The van der Waals surface area contributed by atoms with Gasteiger partial charge in [0, 0.05) is 17.9 Å². The van der Waals surface area contributed by atoms with Gasteiger partial charge in [-0.3, -0.25) is 9.59 Å². The number of amides is 2. The highest BCUT2D eigenvalue weighted by Crippen LogP contribution is 2.53. The molecule has 1 saturated heterocycles. The summed E-state index contributed by atoms with van der Waals surface area (Å²) >= 11 is 0. The maximum atomic E-state index is 14.2. The summed E-state index contributed by atoms with van der Waals surface area (Å²) in [5, 5.41) is 2.92. The van der Waals surface area contributed by atoms with E-state index in [2.05, 4.69) is 12.2 Å². The smallest absolute Gasteiger partial charge is 0.408 e. The van der Waals surface area contributed by atoms with Crippen LogP contribution in [0.25, 0.3) is 11.0 Å². The summed E-state index contributed by atoms with van der Waals surface area (Å²) in [7, 11) is 1.61. The number of nitrogens with one attached hydrogen (secondary N) is 1. The summed E-state index contributed by atoms with van der Waals surface area (Å²) in [6, 6.07) is 4.02. The van der Waals surface area contributed by atoms with Crippen molar-refractivity contribution in [2.24, 2.45) is 17.3 Å².